The summed E-state index contributed by atoms with van der Waals surface area (Å²) in [6.45, 7) is 2.63. The molecule has 2 aromatic rings. The Balaban J connectivity index is 2.25. The van der Waals surface area contributed by atoms with Crippen LogP contribution in [-0.2, 0) is 0 Å². The average Bonchev–Trinajstić information content (AvgIpc) is 2.60. The van der Waals surface area contributed by atoms with E-state index >= 15 is 0 Å². The standard InChI is InChI=1S/C19H22FN3O2/c1-14-4-5-18(17(20)10-14)22-19-12-21-11-15(16(19)13-25)6-8-23(2)7-3-9-24/h4-6,8,10-13,22,24H,3,7,9H2,1-2H3/b8-6-. The number of anilines is 2. The van der Waals surface area contributed by atoms with Crippen molar-refractivity contribution in [3.8, 4) is 0 Å². The number of nitrogens with zero attached hydrogens (tertiary/aromatic N) is 2. The molecule has 0 aliphatic rings. The van der Waals surface area contributed by atoms with Gasteiger partial charge in [-0.25, -0.2) is 4.39 Å². The molecule has 0 amide bonds. The van der Waals surface area contributed by atoms with Crippen LogP contribution >= 0.6 is 0 Å². The lowest BCUT2D eigenvalue weighted by Gasteiger charge is -2.14. The normalized spacial score (nSPS) is 10.9. The molecule has 0 saturated heterocycles. The molecule has 5 nitrogen and oxygen atoms in total. The van der Waals surface area contributed by atoms with E-state index in [2.05, 4.69) is 10.3 Å². The van der Waals surface area contributed by atoms with Crippen LogP contribution in [0.25, 0.3) is 6.08 Å². The molecule has 6 heteroatoms. The first kappa shape index (κ1) is 18.6. The van der Waals surface area contributed by atoms with Crippen LogP contribution in [0.2, 0.25) is 0 Å². The zero-order valence-corrected chi connectivity index (χ0v) is 14.4. The minimum absolute atomic E-state index is 0.126. The average molecular weight is 343 g/mol. The number of carbonyl (C=O) groups is 1. The summed E-state index contributed by atoms with van der Waals surface area (Å²) in [6.07, 6.45) is 8.05. The van der Waals surface area contributed by atoms with Crippen molar-refractivity contribution >= 4 is 23.7 Å². The first-order chi connectivity index (χ1) is 12.0. The van der Waals surface area contributed by atoms with Crippen molar-refractivity contribution in [2.45, 2.75) is 13.3 Å². The summed E-state index contributed by atoms with van der Waals surface area (Å²) in [6, 6.07) is 4.85. The van der Waals surface area contributed by atoms with E-state index in [1.165, 1.54) is 12.3 Å². The summed E-state index contributed by atoms with van der Waals surface area (Å²) in [5.74, 6) is -0.387. The molecule has 0 unspecified atom stereocenters. The molecule has 0 atom stereocenters. The Kier molecular flexibility index (Phi) is 6.65. The predicted molar refractivity (Wildman–Crippen MR) is 97.4 cm³/mol. The van der Waals surface area contributed by atoms with Crippen LogP contribution in [0.4, 0.5) is 15.8 Å². The highest BCUT2D eigenvalue weighted by Gasteiger charge is 2.10. The van der Waals surface area contributed by atoms with E-state index < -0.39 is 0 Å². The molecule has 2 N–H and O–H groups in total. The van der Waals surface area contributed by atoms with Crippen molar-refractivity contribution in [2.75, 3.05) is 25.5 Å². The fourth-order valence-electron chi connectivity index (χ4n) is 2.32. The molecule has 0 spiro atoms. The first-order valence-corrected chi connectivity index (χ1v) is 8.01. The molecule has 2 rings (SSSR count). The van der Waals surface area contributed by atoms with Crippen molar-refractivity contribution in [1.82, 2.24) is 9.88 Å². The van der Waals surface area contributed by atoms with Gasteiger partial charge in [0.05, 0.1) is 17.6 Å². The number of aryl methyl sites for hydroxylation is 1. The van der Waals surface area contributed by atoms with Crippen LogP contribution in [-0.4, -0.2) is 41.5 Å². The number of aliphatic hydroxyl groups excluding tert-OH is 1. The first-order valence-electron chi connectivity index (χ1n) is 8.01. The van der Waals surface area contributed by atoms with Crippen LogP contribution in [0.3, 0.4) is 0 Å². The van der Waals surface area contributed by atoms with Gasteiger partial charge in [-0.15, -0.1) is 0 Å². The molecular weight excluding hydrogens is 321 g/mol. The van der Waals surface area contributed by atoms with Gasteiger partial charge in [-0.2, -0.15) is 0 Å². The number of rotatable bonds is 8. The summed E-state index contributed by atoms with van der Waals surface area (Å²) >= 11 is 0. The molecule has 0 bridgehead atoms. The number of aromatic nitrogens is 1. The third kappa shape index (κ3) is 5.12. The lowest BCUT2D eigenvalue weighted by atomic mass is 10.1. The fourth-order valence-corrected chi connectivity index (χ4v) is 2.32. The zero-order valence-electron chi connectivity index (χ0n) is 14.4. The molecule has 0 fully saturated rings. The molecule has 1 heterocycles. The molecule has 0 aliphatic carbocycles. The molecule has 1 aromatic carbocycles. The lowest BCUT2D eigenvalue weighted by molar-refractivity contribution is 0.112. The van der Waals surface area contributed by atoms with Gasteiger partial charge in [0.1, 0.15) is 5.82 Å². The highest BCUT2D eigenvalue weighted by atomic mass is 19.1. The van der Waals surface area contributed by atoms with Gasteiger partial charge in [0.2, 0.25) is 0 Å². The minimum Gasteiger partial charge on any atom is -0.396 e. The summed E-state index contributed by atoms with van der Waals surface area (Å²) in [5, 5.41) is 11.8. The summed E-state index contributed by atoms with van der Waals surface area (Å²) < 4.78 is 14.0. The number of nitrogens with one attached hydrogen (secondary N) is 1. The maximum absolute atomic E-state index is 14.0. The van der Waals surface area contributed by atoms with Gasteiger partial charge < -0.3 is 15.3 Å². The van der Waals surface area contributed by atoms with Gasteiger partial charge in [-0.05, 0) is 43.3 Å². The topological polar surface area (TPSA) is 65.5 Å². The van der Waals surface area contributed by atoms with Gasteiger partial charge in [0.15, 0.2) is 6.29 Å². The van der Waals surface area contributed by atoms with E-state index in [9.17, 15) is 9.18 Å². The Bertz CT molecular complexity index is 762. The van der Waals surface area contributed by atoms with Crippen molar-refractivity contribution in [3.05, 3.63) is 59.3 Å². The molecular formula is C19H22FN3O2. The number of hydrogen-bond donors (Lipinski definition) is 2. The number of aldehydes is 1. The second-order valence-electron chi connectivity index (χ2n) is 5.79. The predicted octanol–water partition coefficient (Wildman–Crippen LogP) is 3.37. The van der Waals surface area contributed by atoms with Crippen LogP contribution < -0.4 is 5.32 Å². The van der Waals surface area contributed by atoms with Crippen molar-refractivity contribution in [1.29, 1.82) is 0 Å². The molecule has 0 radical (unpaired) electrons. The maximum Gasteiger partial charge on any atom is 0.152 e. The van der Waals surface area contributed by atoms with Crippen LogP contribution in [0.1, 0.15) is 27.9 Å². The lowest BCUT2D eigenvalue weighted by Crippen LogP contribution is -2.13. The van der Waals surface area contributed by atoms with Crippen LogP contribution in [0.5, 0.6) is 0 Å². The Labute approximate surface area is 146 Å². The Morgan fingerprint density at radius 3 is 2.80 bits per heavy atom. The highest BCUT2D eigenvalue weighted by molar-refractivity contribution is 5.90. The second kappa shape index (κ2) is 8.94. The molecule has 25 heavy (non-hydrogen) atoms. The Morgan fingerprint density at radius 2 is 2.12 bits per heavy atom. The van der Waals surface area contributed by atoms with Gasteiger partial charge in [0.25, 0.3) is 0 Å². The van der Waals surface area contributed by atoms with Crippen LogP contribution in [0, 0.1) is 12.7 Å². The van der Waals surface area contributed by atoms with Gasteiger partial charge in [-0.3, -0.25) is 9.78 Å². The Morgan fingerprint density at radius 1 is 1.32 bits per heavy atom. The number of hydrogen-bond acceptors (Lipinski definition) is 5. The number of carbonyl (C=O) groups excluding carboxylic acids is 1. The smallest absolute Gasteiger partial charge is 0.152 e. The second-order valence-corrected chi connectivity index (χ2v) is 5.79. The monoisotopic (exact) mass is 343 g/mol. The van der Waals surface area contributed by atoms with E-state index in [-0.39, 0.29) is 18.1 Å². The van der Waals surface area contributed by atoms with Gasteiger partial charge in [0, 0.05) is 37.5 Å². The number of halogens is 1. The van der Waals surface area contributed by atoms with Crippen LogP contribution in [0.15, 0.2) is 36.8 Å². The summed E-state index contributed by atoms with van der Waals surface area (Å²) in [4.78, 5) is 17.6. The van der Waals surface area contributed by atoms with E-state index in [0.29, 0.717) is 29.8 Å². The molecule has 132 valence electrons. The Hall–Kier alpha value is -2.73. The highest BCUT2D eigenvalue weighted by Crippen LogP contribution is 2.25. The van der Waals surface area contributed by atoms with Gasteiger partial charge in [-0.1, -0.05) is 6.07 Å². The third-order valence-corrected chi connectivity index (χ3v) is 3.71. The van der Waals surface area contributed by atoms with E-state index in [0.717, 1.165) is 11.8 Å². The largest absolute Gasteiger partial charge is 0.396 e. The molecule has 0 saturated carbocycles. The number of benzene rings is 1. The van der Waals surface area contributed by atoms with Crippen molar-refractivity contribution < 1.29 is 14.3 Å². The summed E-state index contributed by atoms with van der Waals surface area (Å²) in [5.41, 5.74) is 2.58. The van der Waals surface area contributed by atoms with E-state index in [1.807, 2.05) is 25.1 Å². The third-order valence-electron chi connectivity index (χ3n) is 3.71. The SMILES string of the molecule is Cc1ccc(Nc2cncc(/C=C\N(C)CCCO)c2C=O)c(F)c1. The number of aliphatic hydroxyl groups is 1. The van der Waals surface area contributed by atoms with Crippen molar-refractivity contribution in [2.24, 2.45) is 0 Å². The fraction of sp³-hybridized carbons (Fsp3) is 0.263. The summed E-state index contributed by atoms with van der Waals surface area (Å²) in [7, 11) is 1.88. The minimum atomic E-state index is -0.387. The molecule has 1 aromatic heterocycles. The van der Waals surface area contributed by atoms with Crippen molar-refractivity contribution in [3.63, 3.8) is 0 Å². The maximum atomic E-state index is 14.0. The quantitative estimate of drug-likeness (QED) is 0.720. The van der Waals surface area contributed by atoms with E-state index in [4.69, 9.17) is 5.11 Å². The zero-order chi connectivity index (χ0) is 18.2. The van der Waals surface area contributed by atoms with Gasteiger partial charge >= 0.3 is 0 Å². The van der Waals surface area contributed by atoms with E-state index in [1.54, 1.807) is 24.4 Å². The molecule has 0 aliphatic heterocycles. The number of pyridine rings is 1.